The van der Waals surface area contributed by atoms with Gasteiger partial charge in [0, 0.05) is 33.2 Å². The molecule has 158 valence electrons. The highest BCUT2D eigenvalue weighted by atomic mass is 79.9. The van der Waals surface area contributed by atoms with Gasteiger partial charge in [0.15, 0.2) is 0 Å². The number of nitrogens with zero attached hydrogens (tertiary/aromatic N) is 1. The van der Waals surface area contributed by atoms with Gasteiger partial charge < -0.3 is 4.98 Å². The Balaban J connectivity index is 1.58. The molecule has 6 heteroatoms. The number of aromatic nitrogens is 1. The predicted octanol–water partition coefficient (Wildman–Crippen LogP) is 6.26. The molecule has 3 aromatic carbocycles. The second-order valence-corrected chi connectivity index (χ2v) is 10.8. The predicted molar refractivity (Wildman–Crippen MR) is 129 cm³/mol. The van der Waals surface area contributed by atoms with E-state index in [1.54, 1.807) is 4.31 Å². The Labute approximate surface area is 191 Å². The highest BCUT2D eigenvalue weighted by molar-refractivity contribution is 9.10. The topological polar surface area (TPSA) is 53.2 Å². The number of sulfonamides is 1. The molecular weight excluding hydrogens is 472 g/mol. The lowest BCUT2D eigenvalue weighted by molar-refractivity contribution is 0.392. The van der Waals surface area contributed by atoms with Gasteiger partial charge in [-0.15, -0.1) is 0 Å². The molecule has 5 rings (SSSR count). The van der Waals surface area contributed by atoms with Gasteiger partial charge >= 0.3 is 0 Å². The van der Waals surface area contributed by atoms with E-state index in [-0.39, 0.29) is 11.8 Å². The highest BCUT2D eigenvalue weighted by Gasteiger charge is 2.37. The summed E-state index contributed by atoms with van der Waals surface area (Å²) in [5.41, 5.74) is 5.02. The van der Waals surface area contributed by atoms with Crippen LogP contribution in [0.5, 0.6) is 0 Å². The second kappa shape index (κ2) is 8.26. The number of para-hydroxylation sites is 1. The lowest BCUT2D eigenvalue weighted by atomic mass is 9.98. The van der Waals surface area contributed by atoms with Crippen molar-refractivity contribution >= 4 is 36.9 Å². The molecule has 2 heterocycles. The van der Waals surface area contributed by atoms with E-state index >= 15 is 0 Å². The van der Waals surface area contributed by atoms with Gasteiger partial charge in [-0.3, -0.25) is 0 Å². The zero-order chi connectivity index (χ0) is 21.4. The van der Waals surface area contributed by atoms with Crippen molar-refractivity contribution in [1.82, 2.24) is 9.29 Å². The molecule has 4 nitrogen and oxygen atoms in total. The SMILES string of the molecule is O=S(=O)(Cc1cccc(Br)c1)N1CCCC1c1[nH]c2ccccc2c1-c1ccccc1. The number of hydrogen-bond donors (Lipinski definition) is 1. The largest absolute Gasteiger partial charge is 0.357 e. The molecule has 1 fully saturated rings. The van der Waals surface area contributed by atoms with Crippen molar-refractivity contribution in [2.24, 2.45) is 0 Å². The molecule has 0 bridgehead atoms. The molecule has 1 aliphatic rings. The summed E-state index contributed by atoms with van der Waals surface area (Å²) in [4.78, 5) is 3.57. The Morgan fingerprint density at radius 1 is 0.968 bits per heavy atom. The summed E-state index contributed by atoms with van der Waals surface area (Å²) in [6.45, 7) is 0.546. The van der Waals surface area contributed by atoms with E-state index in [4.69, 9.17) is 0 Å². The van der Waals surface area contributed by atoms with Crippen LogP contribution in [0.3, 0.4) is 0 Å². The van der Waals surface area contributed by atoms with Crippen LogP contribution in [0.4, 0.5) is 0 Å². The van der Waals surface area contributed by atoms with Gasteiger partial charge in [0.25, 0.3) is 0 Å². The lowest BCUT2D eigenvalue weighted by Gasteiger charge is -2.25. The van der Waals surface area contributed by atoms with Crippen molar-refractivity contribution in [2.45, 2.75) is 24.6 Å². The van der Waals surface area contributed by atoms with Gasteiger partial charge in [-0.05, 0) is 42.2 Å². The van der Waals surface area contributed by atoms with Crippen LogP contribution in [0.15, 0.2) is 83.3 Å². The third-order valence-corrected chi connectivity index (χ3v) is 8.27. The van der Waals surface area contributed by atoms with Crippen LogP contribution >= 0.6 is 15.9 Å². The molecule has 0 saturated carbocycles. The Hall–Kier alpha value is -2.41. The van der Waals surface area contributed by atoms with Crippen LogP contribution in [-0.4, -0.2) is 24.3 Å². The minimum absolute atomic E-state index is 0.00381. The molecule has 1 unspecified atom stereocenters. The number of rotatable bonds is 5. The van der Waals surface area contributed by atoms with Crippen LogP contribution in [0.25, 0.3) is 22.0 Å². The van der Waals surface area contributed by atoms with Crippen LogP contribution < -0.4 is 0 Å². The standard InChI is InChI=1S/C25H23BrN2O2S/c26-20-11-6-8-18(16-20)17-31(29,30)28-15-7-14-23(28)25-24(19-9-2-1-3-10-19)21-12-4-5-13-22(21)27-25/h1-6,8-13,16,23,27H,7,14-15,17H2. The van der Waals surface area contributed by atoms with E-state index in [1.165, 1.54) is 0 Å². The summed E-state index contributed by atoms with van der Waals surface area (Å²) in [6, 6.07) is 25.8. The third kappa shape index (κ3) is 3.95. The van der Waals surface area contributed by atoms with E-state index in [2.05, 4.69) is 45.2 Å². The van der Waals surface area contributed by atoms with Crippen molar-refractivity contribution in [3.05, 3.63) is 94.6 Å². The van der Waals surface area contributed by atoms with Crippen LogP contribution in [0.1, 0.15) is 30.1 Å². The molecule has 0 aliphatic carbocycles. The second-order valence-electron chi connectivity index (χ2n) is 7.98. The number of hydrogen-bond acceptors (Lipinski definition) is 2. The van der Waals surface area contributed by atoms with Crippen molar-refractivity contribution in [2.75, 3.05) is 6.54 Å². The van der Waals surface area contributed by atoms with Gasteiger partial charge in [0.05, 0.1) is 11.8 Å². The summed E-state index contributed by atoms with van der Waals surface area (Å²) >= 11 is 3.44. The first-order valence-electron chi connectivity index (χ1n) is 10.4. The minimum Gasteiger partial charge on any atom is -0.357 e. The molecule has 0 spiro atoms. The fourth-order valence-corrected chi connectivity index (χ4v) is 6.83. The van der Waals surface area contributed by atoms with Crippen molar-refractivity contribution < 1.29 is 8.42 Å². The first kappa shape index (κ1) is 20.5. The van der Waals surface area contributed by atoms with Crippen molar-refractivity contribution in [3.8, 4) is 11.1 Å². The summed E-state index contributed by atoms with van der Waals surface area (Å²) in [7, 11) is -3.47. The molecule has 1 aliphatic heterocycles. The number of fused-ring (bicyclic) bond motifs is 1. The Bertz CT molecular complexity index is 1330. The van der Waals surface area contributed by atoms with E-state index in [9.17, 15) is 8.42 Å². The number of aromatic amines is 1. The van der Waals surface area contributed by atoms with Crippen molar-refractivity contribution in [3.63, 3.8) is 0 Å². The van der Waals surface area contributed by atoms with Crippen LogP contribution in [-0.2, 0) is 15.8 Å². The Morgan fingerprint density at radius 2 is 1.74 bits per heavy atom. The number of halogens is 1. The van der Waals surface area contributed by atoms with Crippen molar-refractivity contribution in [1.29, 1.82) is 0 Å². The van der Waals surface area contributed by atoms with E-state index in [0.717, 1.165) is 50.6 Å². The van der Waals surface area contributed by atoms with Crippen LogP contribution in [0, 0.1) is 0 Å². The van der Waals surface area contributed by atoms with Gasteiger partial charge in [-0.2, -0.15) is 4.31 Å². The Kier molecular flexibility index (Phi) is 5.46. The molecule has 0 amide bonds. The average molecular weight is 495 g/mol. The molecule has 1 saturated heterocycles. The van der Waals surface area contributed by atoms with E-state index in [0.29, 0.717) is 6.54 Å². The zero-order valence-corrected chi connectivity index (χ0v) is 19.4. The van der Waals surface area contributed by atoms with Gasteiger partial charge in [0.2, 0.25) is 10.0 Å². The maximum atomic E-state index is 13.5. The molecule has 0 radical (unpaired) electrons. The smallest absolute Gasteiger partial charge is 0.218 e. The molecular formula is C25H23BrN2O2S. The van der Waals surface area contributed by atoms with Gasteiger partial charge in [-0.1, -0.05) is 76.6 Å². The summed E-state index contributed by atoms with van der Waals surface area (Å²) in [6.07, 6.45) is 1.66. The normalized spacial score (nSPS) is 17.4. The monoisotopic (exact) mass is 494 g/mol. The molecule has 1 N–H and O–H groups in total. The van der Waals surface area contributed by atoms with E-state index in [1.807, 2.05) is 54.6 Å². The molecule has 4 aromatic rings. The summed E-state index contributed by atoms with van der Waals surface area (Å²) < 4.78 is 29.5. The quantitative estimate of drug-likeness (QED) is 0.355. The lowest BCUT2D eigenvalue weighted by Crippen LogP contribution is -2.32. The number of nitrogens with one attached hydrogen (secondary N) is 1. The third-order valence-electron chi connectivity index (χ3n) is 5.93. The first-order valence-corrected chi connectivity index (χ1v) is 12.8. The molecule has 31 heavy (non-hydrogen) atoms. The maximum absolute atomic E-state index is 13.5. The molecule has 1 aromatic heterocycles. The maximum Gasteiger partial charge on any atom is 0.218 e. The number of benzene rings is 3. The summed E-state index contributed by atoms with van der Waals surface area (Å²) in [5.74, 6) is 0.00381. The highest BCUT2D eigenvalue weighted by Crippen LogP contribution is 2.42. The summed E-state index contributed by atoms with van der Waals surface area (Å²) in [5, 5.41) is 1.12. The number of H-pyrrole nitrogens is 1. The van der Waals surface area contributed by atoms with Gasteiger partial charge in [0.1, 0.15) is 0 Å². The minimum atomic E-state index is -3.47. The van der Waals surface area contributed by atoms with E-state index < -0.39 is 10.0 Å². The van der Waals surface area contributed by atoms with Gasteiger partial charge in [-0.25, -0.2) is 8.42 Å². The first-order chi connectivity index (χ1) is 15.0. The zero-order valence-electron chi connectivity index (χ0n) is 17.0. The fourth-order valence-electron chi connectivity index (χ4n) is 4.61. The Morgan fingerprint density at radius 3 is 2.55 bits per heavy atom. The molecule has 1 atom stereocenters. The average Bonchev–Trinajstić information content (AvgIpc) is 3.39. The fraction of sp³-hybridized carbons (Fsp3) is 0.200. The van der Waals surface area contributed by atoms with Crippen LogP contribution in [0.2, 0.25) is 0 Å².